The standard InChI is InChI=1S/C18H18N2O2/c1-12-15(16-7-2-3-8-17(16)20-12)9-10-19-18(22)13-5-4-6-14(21)11-13/h2-8,11,20-21H,9-10H2,1H3,(H,19,22). The van der Waals surface area contributed by atoms with E-state index in [0.717, 1.165) is 17.6 Å². The molecule has 1 amide bonds. The summed E-state index contributed by atoms with van der Waals surface area (Å²) in [6.07, 6.45) is 0.764. The number of benzene rings is 2. The van der Waals surface area contributed by atoms with Gasteiger partial charge in [0.05, 0.1) is 0 Å². The minimum Gasteiger partial charge on any atom is -0.508 e. The number of phenolic OH excluding ortho intramolecular Hbond substituents is 1. The Morgan fingerprint density at radius 1 is 1.18 bits per heavy atom. The minimum atomic E-state index is -0.173. The Kier molecular flexibility index (Phi) is 3.83. The van der Waals surface area contributed by atoms with Crippen LogP contribution in [0.2, 0.25) is 0 Å². The van der Waals surface area contributed by atoms with Crippen molar-refractivity contribution in [2.45, 2.75) is 13.3 Å². The first-order valence-corrected chi connectivity index (χ1v) is 7.28. The molecular weight excluding hydrogens is 276 g/mol. The molecular formula is C18H18N2O2. The molecule has 0 atom stereocenters. The lowest BCUT2D eigenvalue weighted by Crippen LogP contribution is -2.25. The zero-order valence-corrected chi connectivity index (χ0v) is 12.4. The van der Waals surface area contributed by atoms with E-state index in [-0.39, 0.29) is 11.7 Å². The van der Waals surface area contributed by atoms with Crippen molar-refractivity contribution in [1.29, 1.82) is 0 Å². The number of aromatic hydroxyl groups is 1. The quantitative estimate of drug-likeness (QED) is 0.692. The first kappa shape index (κ1) is 14.2. The third-order valence-electron chi connectivity index (χ3n) is 3.80. The number of phenols is 1. The number of carbonyl (C=O) groups excluding carboxylic acids is 1. The summed E-state index contributed by atoms with van der Waals surface area (Å²) < 4.78 is 0. The van der Waals surface area contributed by atoms with E-state index in [0.29, 0.717) is 12.1 Å². The molecule has 0 aliphatic rings. The van der Waals surface area contributed by atoms with Crippen LogP contribution in [-0.2, 0) is 6.42 Å². The van der Waals surface area contributed by atoms with Gasteiger partial charge in [-0.15, -0.1) is 0 Å². The topological polar surface area (TPSA) is 65.1 Å². The fourth-order valence-corrected chi connectivity index (χ4v) is 2.71. The number of aromatic nitrogens is 1. The Labute approximate surface area is 128 Å². The molecule has 0 spiro atoms. The third-order valence-corrected chi connectivity index (χ3v) is 3.80. The molecule has 1 aromatic heterocycles. The van der Waals surface area contributed by atoms with E-state index in [9.17, 15) is 9.90 Å². The van der Waals surface area contributed by atoms with Crippen LogP contribution in [0.5, 0.6) is 5.75 Å². The molecule has 3 rings (SSSR count). The van der Waals surface area contributed by atoms with E-state index in [1.165, 1.54) is 17.0 Å². The van der Waals surface area contributed by atoms with Crippen LogP contribution in [-0.4, -0.2) is 22.5 Å². The number of aryl methyl sites for hydroxylation is 1. The van der Waals surface area contributed by atoms with Crippen LogP contribution in [0.25, 0.3) is 10.9 Å². The predicted molar refractivity (Wildman–Crippen MR) is 87.2 cm³/mol. The monoisotopic (exact) mass is 294 g/mol. The maximum Gasteiger partial charge on any atom is 0.251 e. The highest BCUT2D eigenvalue weighted by Crippen LogP contribution is 2.22. The molecule has 3 N–H and O–H groups in total. The molecule has 0 bridgehead atoms. The Morgan fingerprint density at radius 3 is 2.82 bits per heavy atom. The maximum absolute atomic E-state index is 12.0. The molecule has 2 aromatic carbocycles. The van der Waals surface area contributed by atoms with Crippen LogP contribution in [0.1, 0.15) is 21.6 Å². The Balaban J connectivity index is 1.67. The molecule has 112 valence electrons. The number of fused-ring (bicyclic) bond motifs is 1. The van der Waals surface area contributed by atoms with Gasteiger partial charge >= 0.3 is 0 Å². The fourth-order valence-electron chi connectivity index (χ4n) is 2.71. The second-order valence-electron chi connectivity index (χ2n) is 5.33. The number of aromatic amines is 1. The molecule has 0 saturated carbocycles. The molecule has 1 heterocycles. The zero-order chi connectivity index (χ0) is 15.5. The summed E-state index contributed by atoms with van der Waals surface area (Å²) in [6, 6.07) is 14.5. The zero-order valence-electron chi connectivity index (χ0n) is 12.4. The highest BCUT2D eigenvalue weighted by atomic mass is 16.3. The van der Waals surface area contributed by atoms with Gasteiger partial charge in [0.25, 0.3) is 5.91 Å². The number of para-hydroxylation sites is 1. The van der Waals surface area contributed by atoms with Gasteiger partial charge in [0, 0.05) is 28.7 Å². The first-order chi connectivity index (χ1) is 10.6. The van der Waals surface area contributed by atoms with E-state index in [1.54, 1.807) is 18.2 Å². The summed E-state index contributed by atoms with van der Waals surface area (Å²) in [4.78, 5) is 15.4. The van der Waals surface area contributed by atoms with Crippen molar-refractivity contribution in [3.05, 3.63) is 65.4 Å². The Bertz CT molecular complexity index is 821. The Hall–Kier alpha value is -2.75. The van der Waals surface area contributed by atoms with E-state index in [2.05, 4.69) is 22.4 Å². The average Bonchev–Trinajstić information content (AvgIpc) is 2.83. The van der Waals surface area contributed by atoms with E-state index < -0.39 is 0 Å². The van der Waals surface area contributed by atoms with Crippen LogP contribution in [0.4, 0.5) is 0 Å². The second-order valence-corrected chi connectivity index (χ2v) is 5.33. The second kappa shape index (κ2) is 5.93. The summed E-state index contributed by atoms with van der Waals surface area (Å²) in [7, 11) is 0. The Morgan fingerprint density at radius 2 is 2.00 bits per heavy atom. The average molecular weight is 294 g/mol. The highest BCUT2D eigenvalue weighted by Gasteiger charge is 2.09. The summed E-state index contributed by atoms with van der Waals surface area (Å²) in [5.74, 6) is -0.0754. The molecule has 0 aliphatic carbocycles. The van der Waals surface area contributed by atoms with Crippen molar-refractivity contribution in [3.63, 3.8) is 0 Å². The van der Waals surface area contributed by atoms with Crippen molar-refractivity contribution < 1.29 is 9.90 Å². The lowest BCUT2D eigenvalue weighted by Gasteiger charge is -2.06. The third kappa shape index (κ3) is 2.81. The van der Waals surface area contributed by atoms with Crippen molar-refractivity contribution >= 4 is 16.8 Å². The number of rotatable bonds is 4. The lowest BCUT2D eigenvalue weighted by atomic mass is 10.1. The number of hydrogen-bond donors (Lipinski definition) is 3. The molecule has 0 fully saturated rings. The molecule has 0 saturated heterocycles. The molecule has 3 aromatic rings. The molecule has 0 unspecified atom stereocenters. The van der Waals surface area contributed by atoms with Crippen molar-refractivity contribution in [3.8, 4) is 5.75 Å². The molecule has 22 heavy (non-hydrogen) atoms. The van der Waals surface area contributed by atoms with Gasteiger partial charge in [-0.1, -0.05) is 24.3 Å². The maximum atomic E-state index is 12.0. The van der Waals surface area contributed by atoms with Crippen LogP contribution < -0.4 is 5.32 Å². The van der Waals surface area contributed by atoms with E-state index >= 15 is 0 Å². The minimum absolute atomic E-state index is 0.0973. The van der Waals surface area contributed by atoms with Crippen molar-refractivity contribution in [2.24, 2.45) is 0 Å². The summed E-state index contributed by atoms with van der Waals surface area (Å²) >= 11 is 0. The van der Waals surface area contributed by atoms with Gasteiger partial charge < -0.3 is 15.4 Å². The predicted octanol–water partition coefficient (Wildman–Crippen LogP) is 3.15. The largest absolute Gasteiger partial charge is 0.508 e. The van der Waals surface area contributed by atoms with Gasteiger partial charge in [0.15, 0.2) is 0 Å². The summed E-state index contributed by atoms with van der Waals surface area (Å²) in [5.41, 5.74) is 3.95. The van der Waals surface area contributed by atoms with Crippen LogP contribution in [0.3, 0.4) is 0 Å². The van der Waals surface area contributed by atoms with Crippen LogP contribution >= 0.6 is 0 Å². The van der Waals surface area contributed by atoms with E-state index in [1.807, 2.05) is 19.1 Å². The number of hydrogen-bond acceptors (Lipinski definition) is 2. The lowest BCUT2D eigenvalue weighted by molar-refractivity contribution is 0.0953. The number of carbonyl (C=O) groups is 1. The summed E-state index contributed by atoms with van der Waals surface area (Å²) in [6.45, 7) is 2.60. The number of H-pyrrole nitrogens is 1. The molecule has 4 heteroatoms. The van der Waals surface area contributed by atoms with Gasteiger partial charge in [-0.25, -0.2) is 0 Å². The molecule has 0 aliphatic heterocycles. The van der Waals surface area contributed by atoms with Gasteiger partial charge in [0.2, 0.25) is 0 Å². The fraction of sp³-hybridized carbons (Fsp3) is 0.167. The van der Waals surface area contributed by atoms with Gasteiger partial charge in [-0.05, 0) is 43.2 Å². The number of nitrogens with one attached hydrogen (secondary N) is 2. The van der Waals surface area contributed by atoms with Crippen molar-refractivity contribution in [2.75, 3.05) is 6.54 Å². The molecule has 4 nitrogen and oxygen atoms in total. The van der Waals surface area contributed by atoms with Crippen LogP contribution in [0.15, 0.2) is 48.5 Å². The van der Waals surface area contributed by atoms with Crippen molar-refractivity contribution in [1.82, 2.24) is 10.3 Å². The summed E-state index contributed by atoms with van der Waals surface area (Å²) in [5, 5.41) is 13.5. The smallest absolute Gasteiger partial charge is 0.251 e. The van der Waals surface area contributed by atoms with Gasteiger partial charge in [-0.3, -0.25) is 4.79 Å². The van der Waals surface area contributed by atoms with Gasteiger partial charge in [-0.2, -0.15) is 0 Å². The molecule has 0 radical (unpaired) electrons. The normalized spacial score (nSPS) is 10.8. The van der Waals surface area contributed by atoms with E-state index in [4.69, 9.17) is 0 Å². The van der Waals surface area contributed by atoms with Gasteiger partial charge in [0.1, 0.15) is 5.75 Å². The highest BCUT2D eigenvalue weighted by molar-refractivity contribution is 5.94. The first-order valence-electron chi connectivity index (χ1n) is 7.28. The number of amides is 1. The SMILES string of the molecule is Cc1[nH]c2ccccc2c1CCNC(=O)c1cccc(O)c1. The van der Waals surface area contributed by atoms with Crippen LogP contribution in [0, 0.1) is 6.92 Å².